The van der Waals surface area contributed by atoms with Crippen LogP contribution in [-0.2, 0) is 17.1 Å². The van der Waals surface area contributed by atoms with Crippen LogP contribution in [0.5, 0.6) is 0 Å². The molecule has 1 amide bonds. The summed E-state index contributed by atoms with van der Waals surface area (Å²) in [4.78, 5) is 12.1. The van der Waals surface area contributed by atoms with Gasteiger partial charge in [-0.05, 0) is 37.6 Å². The number of rotatable bonds is 7. The van der Waals surface area contributed by atoms with Crippen LogP contribution in [0.15, 0.2) is 47.5 Å². The third-order valence-electron chi connectivity index (χ3n) is 3.44. The number of benzene rings is 1. The van der Waals surface area contributed by atoms with Crippen LogP contribution in [-0.4, -0.2) is 32.0 Å². The van der Waals surface area contributed by atoms with E-state index >= 15 is 0 Å². The molecule has 0 bridgehead atoms. The lowest BCUT2D eigenvalue weighted by atomic mass is 10.2. The highest BCUT2D eigenvalue weighted by Gasteiger charge is 2.13. The number of carbonyl (C=O) groups excluding carboxylic acids is 1. The van der Waals surface area contributed by atoms with Crippen LogP contribution in [0.3, 0.4) is 0 Å². The van der Waals surface area contributed by atoms with Gasteiger partial charge in [-0.2, -0.15) is 0 Å². The summed E-state index contributed by atoms with van der Waals surface area (Å²) < 4.78 is 28.4. The van der Waals surface area contributed by atoms with E-state index in [0.717, 1.165) is 5.56 Å². The first-order valence-electron chi connectivity index (χ1n) is 7.36. The average molecular weight is 335 g/mol. The summed E-state index contributed by atoms with van der Waals surface area (Å²) in [6, 6.07) is 10.2. The molecule has 0 aliphatic heterocycles. The summed E-state index contributed by atoms with van der Waals surface area (Å²) in [6.45, 7) is 2.57. The molecule has 6 nitrogen and oxygen atoms in total. The summed E-state index contributed by atoms with van der Waals surface area (Å²) in [5.74, 6) is -0.168. The van der Waals surface area contributed by atoms with Gasteiger partial charge >= 0.3 is 0 Å². The topological polar surface area (TPSA) is 80.2 Å². The number of aromatic nitrogens is 1. The third-order valence-corrected chi connectivity index (χ3v) is 4.92. The van der Waals surface area contributed by atoms with E-state index in [1.165, 1.54) is 0 Å². The van der Waals surface area contributed by atoms with Gasteiger partial charge in [-0.15, -0.1) is 0 Å². The standard InChI is InChI=1S/C16H21N3O3S/c1-13-6-8-14(9-7-13)23(21,22)18-11-4-10-17-16(20)15-5-3-12-19(15)2/h3,5-9,12,18H,4,10-11H2,1-2H3,(H,17,20). The largest absolute Gasteiger partial charge is 0.351 e. The van der Waals surface area contributed by atoms with E-state index in [1.807, 2.05) is 6.92 Å². The van der Waals surface area contributed by atoms with Crippen LogP contribution < -0.4 is 10.0 Å². The summed E-state index contributed by atoms with van der Waals surface area (Å²) in [5, 5.41) is 2.76. The van der Waals surface area contributed by atoms with Crippen LogP contribution in [0.4, 0.5) is 0 Å². The number of hydrogen-bond acceptors (Lipinski definition) is 3. The second-order valence-corrected chi connectivity index (χ2v) is 7.09. The minimum Gasteiger partial charge on any atom is -0.351 e. The monoisotopic (exact) mass is 335 g/mol. The zero-order valence-electron chi connectivity index (χ0n) is 13.2. The molecule has 1 aromatic carbocycles. The van der Waals surface area contributed by atoms with Gasteiger partial charge in [0.1, 0.15) is 5.69 Å². The second kappa shape index (κ2) is 7.43. The average Bonchev–Trinajstić information content (AvgIpc) is 2.93. The number of nitrogens with zero attached hydrogens (tertiary/aromatic N) is 1. The van der Waals surface area contributed by atoms with Crippen molar-refractivity contribution in [1.82, 2.24) is 14.6 Å². The molecule has 0 saturated carbocycles. The maximum atomic E-state index is 12.1. The van der Waals surface area contributed by atoms with Crippen molar-refractivity contribution >= 4 is 15.9 Å². The van der Waals surface area contributed by atoms with Gasteiger partial charge in [0.15, 0.2) is 0 Å². The molecule has 2 N–H and O–H groups in total. The van der Waals surface area contributed by atoms with Gasteiger partial charge in [-0.25, -0.2) is 13.1 Å². The van der Waals surface area contributed by atoms with Gasteiger partial charge in [0.25, 0.3) is 5.91 Å². The molecule has 0 atom stereocenters. The Morgan fingerprint density at radius 2 is 1.83 bits per heavy atom. The first-order chi connectivity index (χ1) is 10.9. The van der Waals surface area contributed by atoms with Crippen molar-refractivity contribution in [3.63, 3.8) is 0 Å². The number of amides is 1. The normalized spacial score (nSPS) is 11.4. The first-order valence-corrected chi connectivity index (χ1v) is 8.84. The smallest absolute Gasteiger partial charge is 0.267 e. The van der Waals surface area contributed by atoms with E-state index in [1.54, 1.807) is 54.2 Å². The van der Waals surface area contributed by atoms with Crippen LogP contribution in [0.25, 0.3) is 0 Å². The lowest BCUT2D eigenvalue weighted by Crippen LogP contribution is -2.30. The SMILES string of the molecule is Cc1ccc(S(=O)(=O)NCCCNC(=O)c2cccn2C)cc1. The zero-order chi connectivity index (χ0) is 16.9. The molecule has 1 heterocycles. The van der Waals surface area contributed by atoms with E-state index in [4.69, 9.17) is 0 Å². The predicted molar refractivity (Wildman–Crippen MR) is 88.7 cm³/mol. The number of hydrogen-bond donors (Lipinski definition) is 2. The van der Waals surface area contributed by atoms with Gasteiger partial charge in [-0.1, -0.05) is 17.7 Å². The minimum absolute atomic E-state index is 0.168. The Labute approximate surface area is 136 Å². The summed E-state index contributed by atoms with van der Waals surface area (Å²) in [5.41, 5.74) is 1.58. The van der Waals surface area contributed by atoms with Crippen molar-refractivity contribution in [2.75, 3.05) is 13.1 Å². The van der Waals surface area contributed by atoms with E-state index in [2.05, 4.69) is 10.0 Å². The van der Waals surface area contributed by atoms with Crippen molar-refractivity contribution in [3.8, 4) is 0 Å². The zero-order valence-corrected chi connectivity index (χ0v) is 14.1. The molecule has 124 valence electrons. The van der Waals surface area contributed by atoms with Gasteiger partial charge in [-0.3, -0.25) is 4.79 Å². The van der Waals surface area contributed by atoms with Crippen LogP contribution in [0.2, 0.25) is 0 Å². The van der Waals surface area contributed by atoms with E-state index in [0.29, 0.717) is 18.7 Å². The highest BCUT2D eigenvalue weighted by atomic mass is 32.2. The maximum Gasteiger partial charge on any atom is 0.267 e. The van der Waals surface area contributed by atoms with E-state index in [9.17, 15) is 13.2 Å². The predicted octanol–water partition coefficient (Wildman–Crippen LogP) is 1.43. The molecule has 0 aliphatic rings. The summed E-state index contributed by atoms with van der Waals surface area (Å²) in [7, 11) is -1.70. The molecule has 2 aromatic rings. The van der Waals surface area contributed by atoms with E-state index in [-0.39, 0.29) is 17.3 Å². The van der Waals surface area contributed by atoms with Crippen LogP contribution >= 0.6 is 0 Å². The highest BCUT2D eigenvalue weighted by molar-refractivity contribution is 7.89. The van der Waals surface area contributed by atoms with Crippen molar-refractivity contribution in [3.05, 3.63) is 53.9 Å². The van der Waals surface area contributed by atoms with Crippen molar-refractivity contribution < 1.29 is 13.2 Å². The van der Waals surface area contributed by atoms with Crippen LogP contribution in [0.1, 0.15) is 22.5 Å². The summed E-state index contributed by atoms with van der Waals surface area (Å²) in [6.07, 6.45) is 2.31. The molecule has 0 unspecified atom stereocenters. The molecule has 1 aromatic heterocycles. The van der Waals surface area contributed by atoms with Crippen molar-refractivity contribution in [2.24, 2.45) is 7.05 Å². The molecule has 0 spiro atoms. The molecular weight excluding hydrogens is 314 g/mol. The maximum absolute atomic E-state index is 12.1. The fourth-order valence-corrected chi connectivity index (χ4v) is 3.16. The number of nitrogens with one attached hydrogen (secondary N) is 2. The van der Waals surface area contributed by atoms with Gasteiger partial charge < -0.3 is 9.88 Å². The highest BCUT2D eigenvalue weighted by Crippen LogP contribution is 2.09. The fraction of sp³-hybridized carbons (Fsp3) is 0.312. The van der Waals surface area contributed by atoms with Gasteiger partial charge in [0.2, 0.25) is 10.0 Å². The number of sulfonamides is 1. The van der Waals surface area contributed by atoms with Gasteiger partial charge in [0, 0.05) is 26.3 Å². The van der Waals surface area contributed by atoms with Crippen LogP contribution in [0, 0.1) is 6.92 Å². The van der Waals surface area contributed by atoms with Crippen molar-refractivity contribution in [2.45, 2.75) is 18.2 Å². The molecule has 2 rings (SSSR count). The minimum atomic E-state index is -3.49. The molecule has 7 heteroatoms. The Balaban J connectivity index is 1.76. The Morgan fingerprint density at radius 1 is 1.13 bits per heavy atom. The first kappa shape index (κ1) is 17.2. The van der Waals surface area contributed by atoms with E-state index < -0.39 is 10.0 Å². The Hall–Kier alpha value is -2.12. The lowest BCUT2D eigenvalue weighted by Gasteiger charge is -2.08. The second-order valence-electron chi connectivity index (χ2n) is 5.32. The quantitative estimate of drug-likeness (QED) is 0.751. The number of aryl methyl sites for hydroxylation is 2. The summed E-state index contributed by atoms with van der Waals surface area (Å²) >= 11 is 0. The molecule has 0 fully saturated rings. The Morgan fingerprint density at radius 3 is 2.43 bits per heavy atom. The van der Waals surface area contributed by atoms with Gasteiger partial charge in [0.05, 0.1) is 4.90 Å². The lowest BCUT2D eigenvalue weighted by molar-refractivity contribution is 0.0945. The fourth-order valence-electron chi connectivity index (χ4n) is 2.09. The Bertz CT molecular complexity index is 764. The Kier molecular flexibility index (Phi) is 5.57. The molecule has 0 saturated heterocycles. The third kappa shape index (κ3) is 4.67. The molecule has 23 heavy (non-hydrogen) atoms. The molecule has 0 radical (unpaired) electrons. The van der Waals surface area contributed by atoms with Crippen molar-refractivity contribution in [1.29, 1.82) is 0 Å². The number of carbonyl (C=O) groups is 1. The molecule has 0 aliphatic carbocycles. The molecular formula is C16H21N3O3S.